The first-order valence-corrected chi connectivity index (χ1v) is 18.4. The molecular formula is C31H48N6O15S. The van der Waals surface area contributed by atoms with Crippen LogP contribution < -0.4 is 11.4 Å². The summed E-state index contributed by atoms with van der Waals surface area (Å²) in [6, 6.07) is 1.51. The Kier molecular flexibility index (Phi) is 15.3. The van der Waals surface area contributed by atoms with Crippen LogP contribution in [-0.2, 0) is 46.2 Å². The molecule has 3 aliphatic heterocycles. The molecule has 2 aromatic rings. The molecule has 9 N–H and O–H groups in total. The molecule has 12 atom stereocenters. The number of nitrogen functional groups attached to an aromatic ring is 1. The van der Waals surface area contributed by atoms with Gasteiger partial charge in [0.1, 0.15) is 72.9 Å². The lowest BCUT2D eigenvalue weighted by Gasteiger charge is -2.45. The normalized spacial score (nSPS) is 33.3. The molecule has 0 radical (unpaired) electrons. The van der Waals surface area contributed by atoms with Crippen molar-refractivity contribution in [2.24, 2.45) is 0 Å². The zero-order valence-electron chi connectivity index (χ0n) is 28.8. The minimum atomic E-state index is -1.75. The molecule has 0 aliphatic carbocycles. The highest BCUT2D eigenvalue weighted by atomic mass is 32.2. The third kappa shape index (κ3) is 10.9. The van der Waals surface area contributed by atoms with Gasteiger partial charge in [-0.3, -0.25) is 14.0 Å². The number of thioether (sulfide) groups is 1. The number of esters is 1. The summed E-state index contributed by atoms with van der Waals surface area (Å²) in [6.07, 6.45) is -8.82. The minimum absolute atomic E-state index is 0.0399. The maximum absolute atomic E-state index is 12.3. The number of carbonyl (C=O) groups excluding carboxylic acids is 1. The van der Waals surface area contributed by atoms with Gasteiger partial charge in [0.2, 0.25) is 0 Å². The van der Waals surface area contributed by atoms with Crippen LogP contribution in [0.5, 0.6) is 0 Å². The molecule has 4 unspecified atom stereocenters. The van der Waals surface area contributed by atoms with Gasteiger partial charge in [0.05, 0.1) is 25.3 Å². The second-order valence-corrected chi connectivity index (χ2v) is 14.0. The fourth-order valence-electron chi connectivity index (χ4n) is 5.97. The van der Waals surface area contributed by atoms with E-state index in [0.29, 0.717) is 30.8 Å². The first kappa shape index (κ1) is 41.3. The van der Waals surface area contributed by atoms with Gasteiger partial charge in [0, 0.05) is 37.7 Å². The maximum Gasteiger partial charge on any atom is 0.351 e. The van der Waals surface area contributed by atoms with Crippen molar-refractivity contribution in [3.8, 4) is 0 Å². The molecule has 5 rings (SSSR count). The Labute approximate surface area is 307 Å². The summed E-state index contributed by atoms with van der Waals surface area (Å²) >= 11 is 1.43. The molecule has 22 heteroatoms. The van der Waals surface area contributed by atoms with Crippen LogP contribution in [0.15, 0.2) is 23.3 Å². The Bertz CT molecular complexity index is 1500. The zero-order chi connectivity index (χ0) is 38.1. The number of nitrogens with zero attached hydrogens (tertiary/aromatic N) is 5. The van der Waals surface area contributed by atoms with E-state index in [2.05, 4.69) is 15.3 Å². The van der Waals surface area contributed by atoms with Gasteiger partial charge in [-0.25, -0.2) is 4.79 Å². The number of aryl methyl sites for hydroxylation is 2. The Morgan fingerprint density at radius 3 is 2.43 bits per heavy atom. The average Bonchev–Trinajstić information content (AvgIpc) is 3.82. The van der Waals surface area contributed by atoms with E-state index in [4.69, 9.17) is 34.2 Å². The Morgan fingerprint density at radius 2 is 1.68 bits per heavy atom. The zero-order valence-corrected chi connectivity index (χ0v) is 29.6. The molecular weight excluding hydrogens is 728 g/mol. The minimum Gasteiger partial charge on any atom is -0.462 e. The highest BCUT2D eigenvalue weighted by Gasteiger charge is 2.50. The molecule has 0 aromatic carbocycles. The standard InChI is InChI=1S/C31H48N6O15S/c32-19-7-9-37(31(46)33-19)20-15-53-22(51-20)14-48-21(40)6-5-16-11-36(35-34-16)8-3-1-2-4-10-47-29-27(45)25(43)28(18(13-39)50-29)52-30-26(44)24(42)23(41)17(12-38)49-30/h7,9,11,17-18,20,22-30,38-39,41-45H,1-6,8,10,12-15H2,(H2,32,33,46)/t17?,18?,20-,22+,23-,24-,25+,26?,27?,28+,29+,30-/m0/s1. The molecule has 0 saturated carbocycles. The number of hydrogen-bond acceptors (Lipinski definition) is 20. The summed E-state index contributed by atoms with van der Waals surface area (Å²) in [7, 11) is 0. The topological polar surface area (TPSA) is 306 Å². The summed E-state index contributed by atoms with van der Waals surface area (Å²) in [6.45, 7) is -0.507. The molecule has 0 bridgehead atoms. The molecule has 3 aliphatic rings. The van der Waals surface area contributed by atoms with E-state index in [-0.39, 0.29) is 25.5 Å². The van der Waals surface area contributed by atoms with E-state index in [1.165, 1.54) is 28.6 Å². The van der Waals surface area contributed by atoms with Crippen molar-refractivity contribution in [3.63, 3.8) is 0 Å². The molecule has 0 amide bonds. The Morgan fingerprint density at radius 1 is 0.943 bits per heavy atom. The predicted octanol–water partition coefficient (Wildman–Crippen LogP) is -3.62. The van der Waals surface area contributed by atoms with Crippen molar-refractivity contribution in [3.05, 3.63) is 34.6 Å². The molecule has 53 heavy (non-hydrogen) atoms. The third-order valence-electron chi connectivity index (χ3n) is 8.97. The van der Waals surface area contributed by atoms with Gasteiger partial charge in [0.25, 0.3) is 0 Å². The van der Waals surface area contributed by atoms with Gasteiger partial charge >= 0.3 is 11.7 Å². The van der Waals surface area contributed by atoms with E-state index in [9.17, 15) is 45.3 Å². The van der Waals surface area contributed by atoms with Gasteiger partial charge in [-0.05, 0) is 18.9 Å². The third-order valence-corrected chi connectivity index (χ3v) is 10.1. The second kappa shape index (κ2) is 19.7. The Balaban J connectivity index is 0.929. The number of aliphatic hydroxyl groups is 7. The molecule has 21 nitrogen and oxygen atoms in total. The first-order valence-electron chi connectivity index (χ1n) is 17.4. The number of anilines is 1. The van der Waals surface area contributed by atoms with Gasteiger partial charge < -0.3 is 69.9 Å². The summed E-state index contributed by atoms with van der Waals surface area (Å²) in [5, 5.41) is 79.1. The van der Waals surface area contributed by atoms with Crippen molar-refractivity contribution in [2.45, 2.75) is 118 Å². The van der Waals surface area contributed by atoms with E-state index in [1.54, 1.807) is 10.9 Å². The van der Waals surface area contributed by atoms with Crippen LogP contribution >= 0.6 is 11.8 Å². The number of unbranched alkanes of at least 4 members (excludes halogenated alkanes) is 3. The van der Waals surface area contributed by atoms with Crippen LogP contribution in [-0.4, -0.2) is 165 Å². The largest absolute Gasteiger partial charge is 0.462 e. The number of aromatic nitrogens is 5. The van der Waals surface area contributed by atoms with Gasteiger partial charge in [-0.1, -0.05) is 18.1 Å². The van der Waals surface area contributed by atoms with E-state index in [0.717, 1.165) is 19.3 Å². The van der Waals surface area contributed by atoms with Gasteiger partial charge in [-0.15, -0.1) is 16.9 Å². The first-order chi connectivity index (χ1) is 25.5. The Hall–Kier alpha value is -2.84. The quantitative estimate of drug-likeness (QED) is 0.0535. The summed E-state index contributed by atoms with van der Waals surface area (Å²) in [5.41, 5.74) is 5.25. The number of ether oxygens (including phenoxy) is 6. The molecule has 298 valence electrons. The van der Waals surface area contributed by atoms with Gasteiger partial charge in [-0.2, -0.15) is 4.98 Å². The van der Waals surface area contributed by atoms with Crippen molar-refractivity contribution >= 4 is 23.5 Å². The van der Waals surface area contributed by atoms with Crippen molar-refractivity contribution in [2.75, 3.05) is 37.9 Å². The maximum atomic E-state index is 12.3. The molecule has 2 aromatic heterocycles. The monoisotopic (exact) mass is 776 g/mol. The van der Waals surface area contributed by atoms with Crippen LogP contribution in [0.25, 0.3) is 0 Å². The lowest BCUT2D eigenvalue weighted by atomic mass is 9.97. The molecule has 5 heterocycles. The van der Waals surface area contributed by atoms with Crippen molar-refractivity contribution < 1.29 is 69.0 Å². The fraction of sp³-hybridized carbons (Fsp3) is 0.774. The van der Waals surface area contributed by atoms with E-state index >= 15 is 0 Å². The van der Waals surface area contributed by atoms with Crippen LogP contribution in [0.1, 0.15) is 44.0 Å². The summed E-state index contributed by atoms with van der Waals surface area (Å²) in [4.78, 5) is 28.0. The van der Waals surface area contributed by atoms with Crippen molar-refractivity contribution in [1.29, 1.82) is 0 Å². The second-order valence-electron chi connectivity index (χ2n) is 12.8. The lowest BCUT2D eigenvalue weighted by molar-refractivity contribution is -0.359. The predicted molar refractivity (Wildman–Crippen MR) is 179 cm³/mol. The number of nitrogens with two attached hydrogens (primary N) is 1. The van der Waals surface area contributed by atoms with Gasteiger partial charge in [0.15, 0.2) is 12.6 Å². The highest BCUT2D eigenvalue weighted by molar-refractivity contribution is 8.00. The van der Waals surface area contributed by atoms with Crippen LogP contribution in [0.3, 0.4) is 0 Å². The van der Waals surface area contributed by atoms with Crippen molar-refractivity contribution in [1.82, 2.24) is 24.5 Å². The molecule has 3 saturated heterocycles. The summed E-state index contributed by atoms with van der Waals surface area (Å²) in [5.74, 6) is 0.219. The van der Waals surface area contributed by atoms with Crippen LogP contribution in [0.2, 0.25) is 0 Å². The smallest absolute Gasteiger partial charge is 0.351 e. The van der Waals surface area contributed by atoms with Crippen LogP contribution in [0, 0.1) is 0 Å². The number of rotatable bonds is 18. The van der Waals surface area contributed by atoms with Crippen LogP contribution in [0.4, 0.5) is 5.82 Å². The van der Waals surface area contributed by atoms with E-state index < -0.39 is 97.9 Å². The molecule has 0 spiro atoms. The molecule has 3 fully saturated rings. The number of hydrogen-bond donors (Lipinski definition) is 8. The van der Waals surface area contributed by atoms with E-state index in [1.807, 2.05) is 0 Å². The number of aliphatic hydroxyl groups excluding tert-OH is 7. The fourth-order valence-corrected chi connectivity index (χ4v) is 6.96. The number of carbonyl (C=O) groups is 1. The SMILES string of the molecule is Nc1ccn([C@@H]2CS[C@H](COC(=O)CCc3cn(CCCCCCO[C@@H]4OC(CO)[C@@H](O[C@@H]5OC(CO)[C@H](O)[C@H](O)C5O)[C@H](O)C4O)nn3)O2)c(=O)n1. The lowest BCUT2D eigenvalue weighted by Crippen LogP contribution is -2.64. The average molecular weight is 777 g/mol. The summed E-state index contributed by atoms with van der Waals surface area (Å²) < 4.78 is 36.3. The highest BCUT2D eigenvalue weighted by Crippen LogP contribution is 2.32.